The van der Waals surface area contributed by atoms with Crippen LogP contribution >= 0.6 is 0 Å². The minimum absolute atomic E-state index is 0.0906. The third-order valence-electron chi connectivity index (χ3n) is 7.25. The number of piperidine rings is 1. The summed E-state index contributed by atoms with van der Waals surface area (Å²) in [6.07, 6.45) is 6.12. The molecule has 1 saturated heterocycles. The molecule has 1 spiro atoms. The molecule has 0 atom stereocenters. The first kappa shape index (κ1) is 21.2. The average molecular weight is 437 g/mol. The number of fused-ring (bicyclic) bond motifs is 1. The van der Waals surface area contributed by atoms with Gasteiger partial charge in [0.1, 0.15) is 0 Å². The number of carbonyl (C=O) groups excluding carboxylic acids is 2. The summed E-state index contributed by atoms with van der Waals surface area (Å²) in [4.78, 5) is 27.3. The third kappa shape index (κ3) is 4.44. The highest BCUT2D eigenvalue weighted by Crippen LogP contribution is 2.37. The third-order valence-corrected chi connectivity index (χ3v) is 7.25. The van der Waals surface area contributed by atoms with Gasteiger partial charge in [0, 0.05) is 50.8 Å². The van der Waals surface area contributed by atoms with Crippen molar-refractivity contribution < 1.29 is 14.3 Å². The zero-order valence-corrected chi connectivity index (χ0v) is 18.8. The number of nitrogens with zero attached hydrogens (tertiary/aromatic N) is 3. The number of benzene rings is 1. The molecule has 2 aromatic rings. The van der Waals surface area contributed by atoms with Crippen LogP contribution in [-0.4, -0.2) is 51.7 Å². The lowest BCUT2D eigenvalue weighted by atomic mass is 9.83. The van der Waals surface area contributed by atoms with Gasteiger partial charge in [0.15, 0.2) is 5.69 Å². The fraction of sp³-hybridized carbons (Fsp3) is 0.560. The molecule has 0 bridgehead atoms. The smallest absolute Gasteiger partial charge is 0.272 e. The minimum Gasteiger partial charge on any atom is -0.370 e. The van der Waals surface area contributed by atoms with Crippen molar-refractivity contribution in [1.29, 1.82) is 0 Å². The first-order valence-corrected chi connectivity index (χ1v) is 11.8. The summed E-state index contributed by atoms with van der Waals surface area (Å²) in [5.41, 5.74) is 3.46. The van der Waals surface area contributed by atoms with Gasteiger partial charge in [-0.15, -0.1) is 0 Å². The molecule has 7 nitrogen and oxygen atoms in total. The van der Waals surface area contributed by atoms with Gasteiger partial charge in [-0.3, -0.25) is 14.3 Å². The second-order valence-corrected chi connectivity index (χ2v) is 9.57. The Kier molecular flexibility index (Phi) is 5.76. The molecule has 1 N–H and O–H groups in total. The molecule has 170 valence electrons. The van der Waals surface area contributed by atoms with Crippen LogP contribution in [0.15, 0.2) is 30.3 Å². The number of nitrogens with one attached hydrogen (secondary N) is 1. The number of aromatic nitrogens is 2. The Morgan fingerprint density at radius 2 is 1.94 bits per heavy atom. The number of likely N-dealkylation sites (tertiary alicyclic amines) is 1. The molecule has 2 aliphatic heterocycles. The second-order valence-electron chi connectivity index (χ2n) is 9.57. The largest absolute Gasteiger partial charge is 0.370 e. The number of hydrogen-bond acceptors (Lipinski definition) is 4. The van der Waals surface area contributed by atoms with Gasteiger partial charge in [-0.1, -0.05) is 30.3 Å². The van der Waals surface area contributed by atoms with Crippen molar-refractivity contribution in [2.45, 2.75) is 57.2 Å². The number of aryl methyl sites for hydroxylation is 2. The van der Waals surface area contributed by atoms with Crippen molar-refractivity contribution >= 4 is 11.8 Å². The lowest BCUT2D eigenvalue weighted by Gasteiger charge is -2.44. The maximum atomic E-state index is 12.7. The van der Waals surface area contributed by atoms with Gasteiger partial charge in [0.05, 0.1) is 12.2 Å². The lowest BCUT2D eigenvalue weighted by molar-refractivity contribution is -0.141. The first-order valence-electron chi connectivity index (χ1n) is 11.8. The van der Waals surface area contributed by atoms with E-state index in [1.165, 1.54) is 18.4 Å². The predicted octanol–water partition coefficient (Wildman–Crippen LogP) is 2.63. The summed E-state index contributed by atoms with van der Waals surface area (Å²) in [7, 11) is 1.91. The normalized spacial score (nSPS) is 19.6. The maximum Gasteiger partial charge on any atom is 0.272 e. The van der Waals surface area contributed by atoms with E-state index in [-0.39, 0.29) is 17.4 Å². The Morgan fingerprint density at radius 1 is 1.19 bits per heavy atom. The Bertz CT molecular complexity index is 988. The molecule has 1 aliphatic carbocycles. The van der Waals surface area contributed by atoms with Crippen molar-refractivity contribution in [1.82, 2.24) is 20.0 Å². The Hall–Kier alpha value is -2.67. The van der Waals surface area contributed by atoms with Gasteiger partial charge < -0.3 is 15.0 Å². The highest BCUT2D eigenvalue weighted by Gasteiger charge is 2.42. The number of carbonyl (C=O) groups is 2. The molecule has 1 aromatic carbocycles. The van der Waals surface area contributed by atoms with E-state index in [1.807, 2.05) is 34.8 Å². The second kappa shape index (κ2) is 8.70. The van der Waals surface area contributed by atoms with Crippen LogP contribution < -0.4 is 5.32 Å². The van der Waals surface area contributed by atoms with Crippen LogP contribution in [0.3, 0.4) is 0 Å². The number of ether oxygens (including phenoxy) is 1. The van der Waals surface area contributed by atoms with Crippen LogP contribution in [0.2, 0.25) is 0 Å². The lowest BCUT2D eigenvalue weighted by Crippen LogP contribution is -2.50. The average Bonchev–Trinajstić information content (AvgIpc) is 3.60. The quantitative estimate of drug-likeness (QED) is 0.755. The number of rotatable bonds is 6. The van der Waals surface area contributed by atoms with Crippen molar-refractivity contribution in [2.75, 3.05) is 19.6 Å². The van der Waals surface area contributed by atoms with E-state index in [2.05, 4.69) is 22.5 Å². The predicted molar refractivity (Wildman–Crippen MR) is 120 cm³/mol. The Balaban J connectivity index is 1.18. The van der Waals surface area contributed by atoms with Crippen LogP contribution in [0, 0.1) is 5.92 Å². The molecule has 1 saturated carbocycles. The van der Waals surface area contributed by atoms with Gasteiger partial charge in [-0.25, -0.2) is 0 Å². The van der Waals surface area contributed by atoms with Crippen molar-refractivity contribution in [2.24, 2.45) is 13.0 Å². The van der Waals surface area contributed by atoms with Crippen molar-refractivity contribution in [3.63, 3.8) is 0 Å². The van der Waals surface area contributed by atoms with Crippen LogP contribution in [0.4, 0.5) is 0 Å². The van der Waals surface area contributed by atoms with Crippen molar-refractivity contribution in [3.8, 4) is 0 Å². The molecule has 3 heterocycles. The Labute approximate surface area is 189 Å². The van der Waals surface area contributed by atoms with Gasteiger partial charge in [0.25, 0.3) is 5.91 Å². The highest BCUT2D eigenvalue weighted by atomic mass is 16.5. The van der Waals surface area contributed by atoms with Crippen LogP contribution in [0.5, 0.6) is 0 Å². The van der Waals surface area contributed by atoms with E-state index in [9.17, 15) is 9.59 Å². The van der Waals surface area contributed by atoms with Gasteiger partial charge in [-0.2, -0.15) is 5.10 Å². The van der Waals surface area contributed by atoms with E-state index < -0.39 is 0 Å². The van der Waals surface area contributed by atoms with Gasteiger partial charge >= 0.3 is 0 Å². The number of amides is 2. The molecular weight excluding hydrogens is 404 g/mol. The molecule has 0 unspecified atom stereocenters. The number of hydrogen-bond donors (Lipinski definition) is 1. The standard InChI is InChI=1S/C25H32N4O3/c1-28-21-15-25(32-17-20(21)23(27-28)24(31)26-16-19-7-8-19)11-13-29(14-12-25)22(30)10-9-18-5-3-2-4-6-18/h2-6,19H,7-17H2,1H3,(H,26,31). The summed E-state index contributed by atoms with van der Waals surface area (Å²) in [5.74, 6) is 0.765. The zero-order chi connectivity index (χ0) is 22.1. The van der Waals surface area contributed by atoms with Gasteiger partial charge in [0.2, 0.25) is 5.91 Å². The summed E-state index contributed by atoms with van der Waals surface area (Å²) in [6, 6.07) is 10.2. The fourth-order valence-electron chi connectivity index (χ4n) is 4.92. The van der Waals surface area contributed by atoms with Crippen LogP contribution in [-0.2, 0) is 36.0 Å². The molecule has 7 heteroatoms. The van der Waals surface area contributed by atoms with E-state index >= 15 is 0 Å². The highest BCUT2D eigenvalue weighted by molar-refractivity contribution is 5.94. The minimum atomic E-state index is -0.265. The van der Waals surface area contributed by atoms with E-state index in [1.54, 1.807) is 0 Å². The molecule has 3 aliphatic rings. The fourth-order valence-corrected chi connectivity index (χ4v) is 4.92. The van der Waals surface area contributed by atoms with Crippen LogP contribution in [0.1, 0.15) is 59.4 Å². The topological polar surface area (TPSA) is 76.5 Å². The zero-order valence-electron chi connectivity index (χ0n) is 18.8. The first-order chi connectivity index (χ1) is 15.5. The van der Waals surface area contributed by atoms with E-state index in [4.69, 9.17) is 4.74 Å². The summed E-state index contributed by atoms with van der Waals surface area (Å²) < 4.78 is 8.21. The molecule has 32 heavy (non-hydrogen) atoms. The Morgan fingerprint density at radius 3 is 2.66 bits per heavy atom. The van der Waals surface area contributed by atoms with Gasteiger partial charge in [-0.05, 0) is 43.6 Å². The molecular formula is C25H32N4O3. The SMILES string of the molecule is Cn1nc(C(=O)NCC2CC2)c2c1CC1(CCN(C(=O)CCc3ccccc3)CC1)OC2. The monoisotopic (exact) mass is 436 g/mol. The van der Waals surface area contributed by atoms with E-state index in [0.29, 0.717) is 24.6 Å². The summed E-state index contributed by atoms with van der Waals surface area (Å²) in [5, 5.41) is 7.55. The molecule has 2 amide bonds. The molecule has 0 radical (unpaired) electrons. The molecule has 5 rings (SSSR count). The molecule has 1 aromatic heterocycles. The van der Waals surface area contributed by atoms with E-state index in [0.717, 1.165) is 56.6 Å². The molecule has 2 fully saturated rings. The van der Waals surface area contributed by atoms with Crippen LogP contribution in [0.25, 0.3) is 0 Å². The van der Waals surface area contributed by atoms with Crippen molar-refractivity contribution in [3.05, 3.63) is 52.8 Å². The maximum absolute atomic E-state index is 12.7. The summed E-state index contributed by atoms with van der Waals surface area (Å²) >= 11 is 0. The summed E-state index contributed by atoms with van der Waals surface area (Å²) in [6.45, 7) is 2.59.